The van der Waals surface area contributed by atoms with Gasteiger partial charge in [-0.1, -0.05) is 24.3 Å². The number of hydrogen-bond donors (Lipinski definition) is 2. The maximum atomic E-state index is 11.9. The Morgan fingerprint density at radius 2 is 2.00 bits per heavy atom. The van der Waals surface area contributed by atoms with Crippen molar-refractivity contribution in [2.24, 2.45) is 0 Å². The molecule has 3 aromatic rings. The monoisotopic (exact) mass is 357 g/mol. The van der Waals surface area contributed by atoms with Crippen molar-refractivity contribution in [3.8, 4) is 11.5 Å². The van der Waals surface area contributed by atoms with Gasteiger partial charge in [0.2, 0.25) is 0 Å². The van der Waals surface area contributed by atoms with E-state index in [0.29, 0.717) is 11.5 Å². The van der Waals surface area contributed by atoms with E-state index in [2.05, 4.69) is 5.32 Å². The fourth-order valence-electron chi connectivity index (χ4n) is 2.47. The number of thiophene rings is 1. The summed E-state index contributed by atoms with van der Waals surface area (Å²) in [5, 5.41) is 16.0. The molecule has 0 bridgehead atoms. The van der Waals surface area contributed by atoms with Gasteiger partial charge >= 0.3 is 0 Å². The SMILES string of the molecule is COc1cccc(OCC(=O)NCC(O)c2csc3ccccc23)c1. The number of benzene rings is 2. The number of fused-ring (bicyclic) bond motifs is 1. The molecule has 3 rings (SSSR count). The van der Waals surface area contributed by atoms with Crippen LogP contribution in [0.25, 0.3) is 10.1 Å². The molecular formula is C19H19NO4S. The molecular weight excluding hydrogens is 338 g/mol. The lowest BCUT2D eigenvalue weighted by Crippen LogP contribution is -2.32. The summed E-state index contributed by atoms with van der Waals surface area (Å²) in [5.41, 5.74) is 0.828. The van der Waals surface area contributed by atoms with Crippen LogP contribution >= 0.6 is 11.3 Å². The molecule has 130 valence electrons. The van der Waals surface area contributed by atoms with E-state index in [1.165, 1.54) is 0 Å². The number of rotatable bonds is 7. The van der Waals surface area contributed by atoms with Gasteiger partial charge in [0.15, 0.2) is 6.61 Å². The minimum atomic E-state index is -0.753. The van der Waals surface area contributed by atoms with Crippen molar-refractivity contribution in [3.63, 3.8) is 0 Å². The zero-order valence-corrected chi connectivity index (χ0v) is 14.6. The van der Waals surface area contributed by atoms with Crippen LogP contribution in [0.3, 0.4) is 0 Å². The van der Waals surface area contributed by atoms with Gasteiger partial charge in [-0.15, -0.1) is 11.3 Å². The van der Waals surface area contributed by atoms with Gasteiger partial charge in [-0.2, -0.15) is 0 Å². The molecule has 1 aromatic heterocycles. The Morgan fingerprint density at radius 3 is 2.84 bits per heavy atom. The molecule has 1 heterocycles. The second kappa shape index (κ2) is 8.00. The zero-order valence-electron chi connectivity index (χ0n) is 13.8. The summed E-state index contributed by atoms with van der Waals surface area (Å²) in [6.07, 6.45) is -0.753. The number of carbonyl (C=O) groups is 1. The lowest BCUT2D eigenvalue weighted by Gasteiger charge is -2.12. The van der Waals surface area contributed by atoms with Crippen LogP contribution < -0.4 is 14.8 Å². The molecule has 2 aromatic carbocycles. The minimum Gasteiger partial charge on any atom is -0.497 e. The maximum Gasteiger partial charge on any atom is 0.258 e. The molecule has 1 unspecified atom stereocenters. The predicted molar refractivity (Wildman–Crippen MR) is 98.3 cm³/mol. The molecule has 0 radical (unpaired) electrons. The molecule has 0 saturated heterocycles. The highest BCUT2D eigenvalue weighted by atomic mass is 32.1. The summed E-state index contributed by atoms with van der Waals surface area (Å²) < 4.78 is 11.7. The summed E-state index contributed by atoms with van der Waals surface area (Å²) >= 11 is 1.58. The van der Waals surface area contributed by atoms with Gasteiger partial charge in [0.05, 0.1) is 13.2 Å². The summed E-state index contributed by atoms with van der Waals surface area (Å²) in [4.78, 5) is 11.9. The van der Waals surface area contributed by atoms with Crippen LogP contribution in [0.4, 0.5) is 0 Å². The Hall–Kier alpha value is -2.57. The number of carbonyl (C=O) groups excluding carboxylic acids is 1. The molecule has 5 nitrogen and oxygen atoms in total. The highest BCUT2D eigenvalue weighted by Crippen LogP contribution is 2.29. The number of nitrogens with one attached hydrogen (secondary N) is 1. The van der Waals surface area contributed by atoms with Crippen molar-refractivity contribution in [3.05, 3.63) is 59.5 Å². The third-order valence-electron chi connectivity index (χ3n) is 3.77. The van der Waals surface area contributed by atoms with E-state index >= 15 is 0 Å². The van der Waals surface area contributed by atoms with E-state index in [1.807, 2.05) is 29.6 Å². The first kappa shape index (κ1) is 17.3. The van der Waals surface area contributed by atoms with E-state index in [-0.39, 0.29) is 19.1 Å². The number of ether oxygens (including phenoxy) is 2. The number of aliphatic hydroxyl groups excluding tert-OH is 1. The standard InChI is InChI=1S/C19H19NO4S/c1-23-13-5-4-6-14(9-13)24-11-19(22)20-10-17(21)16-12-25-18-8-3-2-7-15(16)18/h2-9,12,17,21H,10-11H2,1H3,(H,20,22). The van der Waals surface area contributed by atoms with Crippen LogP contribution in [0.5, 0.6) is 11.5 Å². The molecule has 1 amide bonds. The van der Waals surface area contributed by atoms with E-state index < -0.39 is 6.10 Å². The van der Waals surface area contributed by atoms with Gasteiger partial charge in [-0.3, -0.25) is 4.79 Å². The Morgan fingerprint density at radius 1 is 1.20 bits per heavy atom. The van der Waals surface area contributed by atoms with Crippen LogP contribution in [-0.2, 0) is 4.79 Å². The number of amides is 1. The van der Waals surface area contributed by atoms with Gasteiger partial charge in [0.25, 0.3) is 5.91 Å². The zero-order chi connectivity index (χ0) is 17.6. The third kappa shape index (κ3) is 4.29. The highest BCUT2D eigenvalue weighted by molar-refractivity contribution is 7.17. The molecule has 0 aliphatic rings. The van der Waals surface area contributed by atoms with Crippen LogP contribution in [-0.4, -0.2) is 31.3 Å². The van der Waals surface area contributed by atoms with Crippen LogP contribution in [0, 0.1) is 0 Å². The molecule has 0 aliphatic heterocycles. The molecule has 1 atom stereocenters. The van der Waals surface area contributed by atoms with E-state index in [4.69, 9.17) is 9.47 Å². The molecule has 0 saturated carbocycles. The van der Waals surface area contributed by atoms with Crippen LogP contribution in [0.1, 0.15) is 11.7 Å². The first-order valence-corrected chi connectivity index (χ1v) is 8.73. The maximum absolute atomic E-state index is 11.9. The van der Waals surface area contributed by atoms with Gasteiger partial charge in [-0.05, 0) is 29.0 Å². The van der Waals surface area contributed by atoms with E-state index in [1.54, 1.807) is 42.7 Å². The average molecular weight is 357 g/mol. The predicted octanol–water partition coefficient (Wildman–Crippen LogP) is 3.14. The topological polar surface area (TPSA) is 67.8 Å². The highest BCUT2D eigenvalue weighted by Gasteiger charge is 2.14. The van der Waals surface area contributed by atoms with E-state index in [9.17, 15) is 9.90 Å². The van der Waals surface area contributed by atoms with Crippen molar-refractivity contribution in [2.45, 2.75) is 6.10 Å². The quantitative estimate of drug-likeness (QED) is 0.682. The largest absolute Gasteiger partial charge is 0.497 e. The molecule has 0 aliphatic carbocycles. The Labute approximate surface area is 149 Å². The Bertz CT molecular complexity index is 861. The van der Waals surface area contributed by atoms with Crippen molar-refractivity contribution in [1.29, 1.82) is 0 Å². The first-order chi connectivity index (χ1) is 12.2. The summed E-state index contributed by atoms with van der Waals surface area (Å²) in [6.45, 7) is 0.0192. The van der Waals surface area contributed by atoms with Gasteiger partial charge in [-0.25, -0.2) is 0 Å². The molecule has 0 fully saturated rings. The molecule has 6 heteroatoms. The number of methoxy groups -OCH3 is 1. The average Bonchev–Trinajstić information content (AvgIpc) is 3.09. The van der Waals surface area contributed by atoms with Crippen molar-refractivity contribution < 1.29 is 19.4 Å². The fourth-order valence-corrected chi connectivity index (χ4v) is 3.48. The second-order valence-corrected chi connectivity index (χ2v) is 6.39. The smallest absolute Gasteiger partial charge is 0.258 e. The minimum absolute atomic E-state index is 0.121. The van der Waals surface area contributed by atoms with Crippen molar-refractivity contribution in [2.75, 3.05) is 20.3 Å². The lowest BCUT2D eigenvalue weighted by molar-refractivity contribution is -0.123. The van der Waals surface area contributed by atoms with Crippen LogP contribution in [0.15, 0.2) is 53.9 Å². The lowest BCUT2D eigenvalue weighted by atomic mass is 10.1. The van der Waals surface area contributed by atoms with Gasteiger partial charge < -0.3 is 19.9 Å². The summed E-state index contributed by atoms with van der Waals surface area (Å²) in [5.74, 6) is 0.929. The van der Waals surface area contributed by atoms with Crippen molar-refractivity contribution >= 4 is 27.3 Å². The summed E-state index contributed by atoms with van der Waals surface area (Å²) in [7, 11) is 1.57. The number of aliphatic hydroxyl groups is 1. The third-order valence-corrected chi connectivity index (χ3v) is 4.76. The van der Waals surface area contributed by atoms with Gasteiger partial charge in [0.1, 0.15) is 11.5 Å². The summed E-state index contributed by atoms with van der Waals surface area (Å²) in [6, 6.07) is 14.9. The fraction of sp³-hybridized carbons (Fsp3) is 0.211. The second-order valence-electron chi connectivity index (χ2n) is 5.47. The molecule has 0 spiro atoms. The normalized spacial score (nSPS) is 11.9. The Balaban J connectivity index is 1.51. The molecule has 2 N–H and O–H groups in total. The number of hydrogen-bond acceptors (Lipinski definition) is 5. The Kier molecular flexibility index (Phi) is 5.53. The van der Waals surface area contributed by atoms with Gasteiger partial charge in [0, 0.05) is 22.9 Å². The van der Waals surface area contributed by atoms with Crippen LogP contribution in [0.2, 0.25) is 0 Å². The van der Waals surface area contributed by atoms with Crippen molar-refractivity contribution in [1.82, 2.24) is 5.32 Å². The molecule has 25 heavy (non-hydrogen) atoms. The first-order valence-electron chi connectivity index (χ1n) is 7.85. The van der Waals surface area contributed by atoms with E-state index in [0.717, 1.165) is 15.6 Å².